The van der Waals surface area contributed by atoms with Crippen LogP contribution >= 0.6 is 0 Å². The van der Waals surface area contributed by atoms with Gasteiger partial charge in [-0.2, -0.15) is 0 Å². The van der Waals surface area contributed by atoms with E-state index < -0.39 is 5.91 Å². The zero-order chi connectivity index (χ0) is 23.7. The minimum absolute atomic E-state index is 0.151. The van der Waals surface area contributed by atoms with E-state index in [9.17, 15) is 9.59 Å². The summed E-state index contributed by atoms with van der Waals surface area (Å²) in [6.45, 7) is 4.75. The van der Waals surface area contributed by atoms with E-state index in [0.717, 1.165) is 12.0 Å². The van der Waals surface area contributed by atoms with Gasteiger partial charge in [-0.05, 0) is 55.3 Å². The molecule has 0 fully saturated rings. The summed E-state index contributed by atoms with van der Waals surface area (Å²) in [4.78, 5) is 28.3. The number of ether oxygens (including phenoxy) is 3. The third kappa shape index (κ3) is 3.96. The number of carbonyl (C=O) groups excluding carboxylic acids is 2. The van der Waals surface area contributed by atoms with Crippen molar-refractivity contribution in [2.75, 3.05) is 23.6 Å². The van der Waals surface area contributed by atoms with E-state index in [0.29, 0.717) is 46.4 Å². The predicted molar refractivity (Wildman–Crippen MR) is 129 cm³/mol. The lowest BCUT2D eigenvalue weighted by molar-refractivity contribution is -0.120. The molecule has 0 bridgehead atoms. The second-order valence-electron chi connectivity index (χ2n) is 8.10. The van der Waals surface area contributed by atoms with Gasteiger partial charge in [0.1, 0.15) is 11.4 Å². The van der Waals surface area contributed by atoms with Gasteiger partial charge in [0.15, 0.2) is 11.5 Å². The number of carbonyl (C=O) groups is 2. The van der Waals surface area contributed by atoms with Gasteiger partial charge < -0.3 is 19.5 Å². The highest BCUT2D eigenvalue weighted by atomic mass is 16.7. The second-order valence-corrected chi connectivity index (χ2v) is 8.10. The zero-order valence-corrected chi connectivity index (χ0v) is 19.0. The van der Waals surface area contributed by atoms with Gasteiger partial charge in [-0.25, -0.2) is 4.90 Å². The molecule has 5 rings (SSSR count). The van der Waals surface area contributed by atoms with Gasteiger partial charge in [0, 0.05) is 11.8 Å². The van der Waals surface area contributed by atoms with E-state index in [1.54, 1.807) is 42.5 Å². The van der Waals surface area contributed by atoms with Gasteiger partial charge in [0.05, 0.1) is 17.9 Å². The summed E-state index contributed by atoms with van der Waals surface area (Å²) in [5, 5.41) is 3.16. The van der Waals surface area contributed by atoms with Crippen molar-refractivity contribution in [2.45, 2.75) is 20.3 Å². The Morgan fingerprint density at radius 2 is 1.65 bits per heavy atom. The molecule has 34 heavy (non-hydrogen) atoms. The van der Waals surface area contributed by atoms with Crippen molar-refractivity contribution in [1.82, 2.24) is 0 Å². The maximum absolute atomic E-state index is 13.6. The molecule has 0 spiro atoms. The Hall–Kier alpha value is -4.26. The Kier molecular flexibility index (Phi) is 5.67. The molecular formula is C27H24N2O5. The SMILES string of the molecule is CCCOc1ccc(C2=C(Nc3ccc4c(c3)OCO4)C(=O)N(c3ccc(C)cc3)C2=O)cc1. The topological polar surface area (TPSA) is 77.1 Å². The lowest BCUT2D eigenvalue weighted by atomic mass is 10.0. The fraction of sp³-hybridized carbons (Fsp3) is 0.185. The maximum Gasteiger partial charge on any atom is 0.282 e. The number of nitrogens with one attached hydrogen (secondary N) is 1. The Morgan fingerprint density at radius 3 is 2.38 bits per heavy atom. The Bertz CT molecular complexity index is 1280. The van der Waals surface area contributed by atoms with E-state index in [1.165, 1.54) is 4.90 Å². The monoisotopic (exact) mass is 456 g/mol. The molecule has 7 nitrogen and oxygen atoms in total. The van der Waals surface area contributed by atoms with E-state index in [1.807, 2.05) is 38.1 Å². The third-order valence-electron chi connectivity index (χ3n) is 5.63. The number of imide groups is 1. The zero-order valence-electron chi connectivity index (χ0n) is 19.0. The van der Waals surface area contributed by atoms with Crippen LogP contribution in [0.3, 0.4) is 0 Å². The Morgan fingerprint density at radius 1 is 0.912 bits per heavy atom. The molecular weight excluding hydrogens is 432 g/mol. The quantitative estimate of drug-likeness (QED) is 0.509. The third-order valence-corrected chi connectivity index (χ3v) is 5.63. The van der Waals surface area contributed by atoms with Gasteiger partial charge in [-0.15, -0.1) is 0 Å². The Labute approximate surface area is 197 Å². The van der Waals surface area contributed by atoms with E-state index >= 15 is 0 Å². The molecule has 0 atom stereocenters. The lowest BCUT2D eigenvalue weighted by Crippen LogP contribution is -2.32. The van der Waals surface area contributed by atoms with Crippen LogP contribution in [0.15, 0.2) is 72.4 Å². The number of anilines is 2. The van der Waals surface area contributed by atoms with Gasteiger partial charge in [-0.3, -0.25) is 9.59 Å². The average Bonchev–Trinajstić information content (AvgIpc) is 3.41. The molecule has 0 aliphatic carbocycles. The Balaban J connectivity index is 1.54. The van der Waals surface area contributed by atoms with Crippen molar-refractivity contribution in [2.24, 2.45) is 0 Å². The summed E-state index contributed by atoms with van der Waals surface area (Å²) < 4.78 is 16.5. The first-order valence-corrected chi connectivity index (χ1v) is 11.1. The van der Waals surface area contributed by atoms with Crippen molar-refractivity contribution in [3.05, 3.63) is 83.6 Å². The molecule has 0 saturated carbocycles. The largest absolute Gasteiger partial charge is 0.494 e. The van der Waals surface area contributed by atoms with Crippen LogP contribution in [0.1, 0.15) is 24.5 Å². The number of rotatable bonds is 7. The van der Waals surface area contributed by atoms with E-state index in [-0.39, 0.29) is 18.4 Å². The smallest absolute Gasteiger partial charge is 0.282 e. The van der Waals surface area contributed by atoms with Gasteiger partial charge in [-0.1, -0.05) is 36.8 Å². The second kappa shape index (κ2) is 8.94. The van der Waals surface area contributed by atoms with Crippen LogP contribution in [0.25, 0.3) is 5.57 Å². The molecule has 0 unspecified atom stereocenters. The van der Waals surface area contributed by atoms with Crippen molar-refractivity contribution >= 4 is 28.8 Å². The number of benzene rings is 3. The minimum Gasteiger partial charge on any atom is -0.494 e. The number of aryl methyl sites for hydroxylation is 1. The first kappa shape index (κ1) is 21.6. The van der Waals surface area contributed by atoms with Crippen LogP contribution in [0, 0.1) is 6.92 Å². The number of amides is 2. The first-order chi connectivity index (χ1) is 16.5. The van der Waals surface area contributed by atoms with E-state index in [2.05, 4.69) is 5.32 Å². The predicted octanol–water partition coefficient (Wildman–Crippen LogP) is 4.91. The lowest BCUT2D eigenvalue weighted by Gasteiger charge is -2.15. The van der Waals surface area contributed by atoms with Crippen LogP contribution in [-0.2, 0) is 9.59 Å². The molecule has 2 heterocycles. The number of hydrogen-bond acceptors (Lipinski definition) is 6. The van der Waals surface area contributed by atoms with Crippen molar-refractivity contribution in [3.63, 3.8) is 0 Å². The standard InChI is InChI=1S/C27H24N2O5/c1-3-14-32-21-11-6-18(7-12-21)24-25(28-19-8-13-22-23(15-19)34-16-33-22)27(31)29(26(24)30)20-9-4-17(2)5-10-20/h4-13,15,28H,3,14,16H2,1-2H3. The summed E-state index contributed by atoms with van der Waals surface area (Å²) in [6.07, 6.45) is 0.898. The average molecular weight is 456 g/mol. The summed E-state index contributed by atoms with van der Waals surface area (Å²) in [7, 11) is 0. The van der Waals surface area contributed by atoms with Crippen LogP contribution < -0.4 is 24.4 Å². The van der Waals surface area contributed by atoms with Crippen LogP contribution in [0.4, 0.5) is 11.4 Å². The first-order valence-electron chi connectivity index (χ1n) is 11.1. The highest BCUT2D eigenvalue weighted by Crippen LogP contribution is 2.38. The highest BCUT2D eigenvalue weighted by Gasteiger charge is 2.40. The van der Waals surface area contributed by atoms with Gasteiger partial charge >= 0.3 is 0 Å². The summed E-state index contributed by atoms with van der Waals surface area (Å²) in [5.74, 6) is 1.12. The van der Waals surface area contributed by atoms with Crippen LogP contribution in [-0.4, -0.2) is 25.2 Å². The van der Waals surface area contributed by atoms with Gasteiger partial charge in [0.2, 0.25) is 6.79 Å². The molecule has 7 heteroatoms. The molecule has 2 aliphatic heterocycles. The normalized spacial score (nSPS) is 14.7. The molecule has 3 aromatic carbocycles. The number of hydrogen-bond donors (Lipinski definition) is 1. The molecule has 0 radical (unpaired) electrons. The van der Waals surface area contributed by atoms with Crippen LogP contribution in [0.5, 0.6) is 17.2 Å². The van der Waals surface area contributed by atoms with Crippen molar-refractivity contribution < 1.29 is 23.8 Å². The summed E-state index contributed by atoms with van der Waals surface area (Å²) >= 11 is 0. The summed E-state index contributed by atoms with van der Waals surface area (Å²) in [5.41, 5.74) is 3.30. The maximum atomic E-state index is 13.6. The molecule has 1 N–H and O–H groups in total. The number of fused-ring (bicyclic) bond motifs is 1. The fourth-order valence-corrected chi connectivity index (χ4v) is 3.90. The molecule has 3 aromatic rings. The highest BCUT2D eigenvalue weighted by molar-refractivity contribution is 6.46. The van der Waals surface area contributed by atoms with Crippen LogP contribution in [0.2, 0.25) is 0 Å². The molecule has 0 saturated heterocycles. The molecule has 2 amide bonds. The number of nitrogens with zero attached hydrogens (tertiary/aromatic N) is 1. The minimum atomic E-state index is -0.423. The fourth-order valence-electron chi connectivity index (χ4n) is 3.90. The van der Waals surface area contributed by atoms with E-state index in [4.69, 9.17) is 14.2 Å². The van der Waals surface area contributed by atoms with Crippen molar-refractivity contribution in [1.29, 1.82) is 0 Å². The van der Waals surface area contributed by atoms with Crippen molar-refractivity contribution in [3.8, 4) is 17.2 Å². The molecule has 2 aliphatic rings. The molecule has 172 valence electrons. The molecule has 0 aromatic heterocycles. The summed E-state index contributed by atoms with van der Waals surface area (Å²) in [6, 6.07) is 19.8. The van der Waals surface area contributed by atoms with Gasteiger partial charge in [0.25, 0.3) is 11.8 Å².